The Bertz CT molecular complexity index is 625. The highest BCUT2D eigenvalue weighted by atomic mass is 32.2. The molecule has 0 spiro atoms. The van der Waals surface area contributed by atoms with Crippen molar-refractivity contribution >= 4 is 17.7 Å². The molecule has 2 aromatic rings. The second kappa shape index (κ2) is 5.96. The zero-order chi connectivity index (χ0) is 14.7. The molecule has 1 heterocycles. The second-order valence-corrected chi connectivity index (χ2v) is 5.41. The molecule has 2 N–H and O–H groups in total. The maximum Gasteiger partial charge on any atom is 0.313 e. The van der Waals surface area contributed by atoms with Gasteiger partial charge in [-0.2, -0.15) is 0 Å². The lowest BCUT2D eigenvalue weighted by Gasteiger charge is -2.13. The lowest BCUT2D eigenvalue weighted by Crippen LogP contribution is -2.07. The first-order valence-electron chi connectivity index (χ1n) is 6.08. The van der Waals surface area contributed by atoms with Crippen molar-refractivity contribution < 1.29 is 15.0 Å². The molecule has 0 amide bonds. The third kappa shape index (κ3) is 2.93. The minimum atomic E-state index is -0.905. The van der Waals surface area contributed by atoms with E-state index in [2.05, 4.69) is 10.2 Å². The molecule has 1 aromatic heterocycles. The molecule has 0 unspecified atom stereocenters. The molecule has 20 heavy (non-hydrogen) atoms. The highest BCUT2D eigenvalue weighted by Gasteiger charge is 2.19. The Morgan fingerprint density at radius 3 is 2.65 bits per heavy atom. The number of para-hydroxylation sites is 1. The normalized spacial score (nSPS) is 10.9. The summed E-state index contributed by atoms with van der Waals surface area (Å²) in [6, 6.07) is 6.92. The molecule has 0 aliphatic carbocycles. The topological polar surface area (TPSA) is 88.2 Å². The van der Waals surface area contributed by atoms with E-state index < -0.39 is 5.97 Å². The SMILES string of the molecule is CC(C)n1c(SCC(=O)O)nnc1-c1ccccc1O. The van der Waals surface area contributed by atoms with Crippen LogP contribution in [0.1, 0.15) is 19.9 Å². The van der Waals surface area contributed by atoms with E-state index in [0.717, 1.165) is 11.8 Å². The van der Waals surface area contributed by atoms with Crippen LogP contribution in [0.3, 0.4) is 0 Å². The zero-order valence-electron chi connectivity index (χ0n) is 11.1. The summed E-state index contributed by atoms with van der Waals surface area (Å²) >= 11 is 1.11. The first-order valence-corrected chi connectivity index (χ1v) is 7.07. The van der Waals surface area contributed by atoms with Crippen LogP contribution < -0.4 is 0 Å². The molecule has 0 fully saturated rings. The standard InChI is InChI=1S/C13H15N3O3S/c1-8(2)16-12(9-5-3-4-6-10(9)17)14-15-13(16)20-7-11(18)19/h3-6,8,17H,7H2,1-2H3,(H,18,19). The minimum Gasteiger partial charge on any atom is -0.507 e. The number of nitrogens with zero attached hydrogens (tertiary/aromatic N) is 3. The van der Waals surface area contributed by atoms with Gasteiger partial charge in [-0.25, -0.2) is 0 Å². The Morgan fingerprint density at radius 2 is 2.05 bits per heavy atom. The molecular weight excluding hydrogens is 278 g/mol. The first kappa shape index (κ1) is 14.4. The number of aliphatic carboxylic acids is 1. The number of carboxylic acids is 1. The summed E-state index contributed by atoms with van der Waals surface area (Å²) in [5, 5.41) is 27.3. The van der Waals surface area contributed by atoms with Crippen LogP contribution in [0.4, 0.5) is 0 Å². The molecule has 2 rings (SSSR count). The van der Waals surface area contributed by atoms with Crippen molar-refractivity contribution in [3.05, 3.63) is 24.3 Å². The Hall–Kier alpha value is -2.02. The summed E-state index contributed by atoms with van der Waals surface area (Å²) in [7, 11) is 0. The molecule has 0 atom stereocenters. The summed E-state index contributed by atoms with van der Waals surface area (Å²) in [6.07, 6.45) is 0. The fourth-order valence-corrected chi connectivity index (χ4v) is 2.60. The van der Waals surface area contributed by atoms with Gasteiger partial charge in [0.05, 0.1) is 11.3 Å². The number of hydrogen-bond donors (Lipinski definition) is 2. The van der Waals surface area contributed by atoms with Gasteiger partial charge in [0.15, 0.2) is 11.0 Å². The largest absolute Gasteiger partial charge is 0.507 e. The van der Waals surface area contributed by atoms with E-state index in [-0.39, 0.29) is 17.5 Å². The summed E-state index contributed by atoms with van der Waals surface area (Å²) in [5.41, 5.74) is 0.580. The monoisotopic (exact) mass is 293 g/mol. The van der Waals surface area contributed by atoms with Gasteiger partial charge in [0.2, 0.25) is 0 Å². The van der Waals surface area contributed by atoms with E-state index in [1.54, 1.807) is 24.3 Å². The maximum absolute atomic E-state index is 10.7. The number of hydrogen-bond acceptors (Lipinski definition) is 5. The second-order valence-electron chi connectivity index (χ2n) is 4.47. The molecule has 0 saturated carbocycles. The number of carboxylic acid groups (broad SMARTS) is 1. The Morgan fingerprint density at radius 1 is 1.35 bits per heavy atom. The predicted octanol–water partition coefficient (Wildman–Crippen LogP) is 2.41. The van der Waals surface area contributed by atoms with Crippen LogP contribution in [-0.2, 0) is 4.79 Å². The van der Waals surface area contributed by atoms with Gasteiger partial charge in [-0.1, -0.05) is 23.9 Å². The summed E-state index contributed by atoms with van der Waals surface area (Å²) in [4.78, 5) is 10.7. The molecular formula is C13H15N3O3S. The highest BCUT2D eigenvalue weighted by Crippen LogP contribution is 2.32. The number of aromatic nitrogens is 3. The van der Waals surface area contributed by atoms with Crippen LogP contribution in [0.15, 0.2) is 29.4 Å². The van der Waals surface area contributed by atoms with Crippen molar-refractivity contribution in [1.82, 2.24) is 14.8 Å². The fourth-order valence-electron chi connectivity index (χ4n) is 1.81. The fraction of sp³-hybridized carbons (Fsp3) is 0.308. The highest BCUT2D eigenvalue weighted by molar-refractivity contribution is 7.99. The molecule has 1 aromatic carbocycles. The van der Waals surface area contributed by atoms with Crippen molar-refractivity contribution in [3.8, 4) is 17.1 Å². The van der Waals surface area contributed by atoms with Gasteiger partial charge < -0.3 is 10.2 Å². The minimum absolute atomic E-state index is 0.0518. The zero-order valence-corrected chi connectivity index (χ0v) is 12.0. The van der Waals surface area contributed by atoms with Crippen LogP contribution in [0.25, 0.3) is 11.4 Å². The number of phenolic OH excluding ortho intramolecular Hbond substituents is 1. The number of thioether (sulfide) groups is 1. The van der Waals surface area contributed by atoms with Gasteiger partial charge in [0.25, 0.3) is 0 Å². The van der Waals surface area contributed by atoms with Crippen LogP contribution >= 0.6 is 11.8 Å². The molecule has 6 nitrogen and oxygen atoms in total. The maximum atomic E-state index is 10.7. The van der Waals surface area contributed by atoms with Gasteiger partial charge in [0.1, 0.15) is 5.75 Å². The van der Waals surface area contributed by atoms with Gasteiger partial charge in [-0.05, 0) is 26.0 Å². The van der Waals surface area contributed by atoms with E-state index in [9.17, 15) is 9.90 Å². The van der Waals surface area contributed by atoms with Crippen molar-refractivity contribution in [2.45, 2.75) is 25.0 Å². The average Bonchev–Trinajstić information content (AvgIpc) is 2.80. The van der Waals surface area contributed by atoms with Crippen molar-refractivity contribution in [2.75, 3.05) is 5.75 Å². The van der Waals surface area contributed by atoms with Crippen LogP contribution in [0, 0.1) is 0 Å². The number of aromatic hydroxyl groups is 1. The smallest absolute Gasteiger partial charge is 0.313 e. The van der Waals surface area contributed by atoms with Gasteiger partial charge in [-0.3, -0.25) is 9.36 Å². The van der Waals surface area contributed by atoms with Crippen LogP contribution in [0.2, 0.25) is 0 Å². The molecule has 0 radical (unpaired) electrons. The van der Waals surface area contributed by atoms with Crippen molar-refractivity contribution in [2.24, 2.45) is 0 Å². The van der Waals surface area contributed by atoms with Gasteiger partial charge >= 0.3 is 5.97 Å². The first-order chi connectivity index (χ1) is 9.50. The molecule has 7 heteroatoms. The molecule has 0 aliphatic rings. The van der Waals surface area contributed by atoms with Crippen molar-refractivity contribution in [1.29, 1.82) is 0 Å². The van der Waals surface area contributed by atoms with E-state index >= 15 is 0 Å². The molecule has 0 saturated heterocycles. The summed E-state index contributed by atoms with van der Waals surface area (Å²) < 4.78 is 1.82. The Labute approximate surface area is 120 Å². The van der Waals surface area contributed by atoms with Crippen LogP contribution in [-0.4, -0.2) is 36.7 Å². The molecule has 0 aliphatic heterocycles. The Balaban J connectivity index is 2.44. The quantitative estimate of drug-likeness (QED) is 0.823. The van der Waals surface area contributed by atoms with Gasteiger partial charge in [-0.15, -0.1) is 10.2 Å². The summed E-state index contributed by atoms with van der Waals surface area (Å²) in [6.45, 7) is 3.91. The molecule has 0 bridgehead atoms. The van der Waals surface area contributed by atoms with Gasteiger partial charge in [0, 0.05) is 6.04 Å². The lowest BCUT2D eigenvalue weighted by molar-refractivity contribution is -0.133. The number of phenols is 1. The Kier molecular flexibility index (Phi) is 4.29. The van der Waals surface area contributed by atoms with Crippen LogP contribution in [0.5, 0.6) is 5.75 Å². The van der Waals surface area contributed by atoms with E-state index in [4.69, 9.17) is 5.11 Å². The van der Waals surface area contributed by atoms with E-state index in [1.807, 2.05) is 18.4 Å². The summed E-state index contributed by atoms with van der Waals surface area (Å²) in [5.74, 6) is -0.328. The number of carbonyl (C=O) groups is 1. The third-order valence-corrected chi connectivity index (χ3v) is 3.58. The lowest BCUT2D eigenvalue weighted by atomic mass is 10.2. The molecule has 106 valence electrons. The number of benzene rings is 1. The van der Waals surface area contributed by atoms with E-state index in [1.165, 1.54) is 0 Å². The average molecular weight is 293 g/mol. The predicted molar refractivity (Wildman–Crippen MR) is 75.9 cm³/mol. The number of rotatable bonds is 5. The van der Waals surface area contributed by atoms with Crippen molar-refractivity contribution in [3.63, 3.8) is 0 Å². The third-order valence-electron chi connectivity index (χ3n) is 2.65. The van der Waals surface area contributed by atoms with E-state index in [0.29, 0.717) is 16.5 Å².